The molecule has 0 aliphatic rings. The van der Waals surface area contributed by atoms with E-state index in [0.29, 0.717) is 18.6 Å². The zero-order valence-electron chi connectivity index (χ0n) is 26.6. The predicted octanol–water partition coefficient (Wildman–Crippen LogP) is 10.4. The van der Waals surface area contributed by atoms with E-state index in [1.54, 1.807) is 0 Å². The minimum atomic E-state index is -0.304. The molecule has 0 amide bonds. The van der Waals surface area contributed by atoms with Crippen LogP contribution in [0.1, 0.15) is 97.8 Å². The maximum absolute atomic E-state index is 12.6. The Balaban J connectivity index is 4.69. The van der Waals surface area contributed by atoms with Crippen molar-refractivity contribution in [2.45, 2.75) is 97.8 Å². The average molecular weight is 577 g/mol. The quantitative estimate of drug-likeness (QED) is 0.0584. The fraction of sp³-hybridized carbons (Fsp3) is 0.474. The van der Waals surface area contributed by atoms with E-state index in [2.05, 4.69) is 94.2 Å². The van der Waals surface area contributed by atoms with Gasteiger partial charge in [-0.1, -0.05) is 125 Å². The van der Waals surface area contributed by atoms with Crippen LogP contribution in [0.4, 0.5) is 0 Å². The summed E-state index contributed by atoms with van der Waals surface area (Å²) >= 11 is 0. The van der Waals surface area contributed by atoms with Crippen molar-refractivity contribution in [1.29, 1.82) is 0 Å². The number of ether oxygens (including phenoxy) is 2. The van der Waals surface area contributed by atoms with Crippen LogP contribution < -0.4 is 0 Å². The van der Waals surface area contributed by atoms with Crippen LogP contribution in [0.2, 0.25) is 0 Å². The van der Waals surface area contributed by atoms with Gasteiger partial charge in [0.1, 0.15) is 5.78 Å². The minimum absolute atomic E-state index is 0.0990. The lowest BCUT2D eigenvalue weighted by Gasteiger charge is -2.17. The van der Waals surface area contributed by atoms with Gasteiger partial charge in [0, 0.05) is 25.2 Å². The molecule has 0 aliphatic heterocycles. The standard InChI is InChI=1S/C38H56O4/c1-5-8-11-14-17-19-21-23-26-29-35(4)41-33-36(32-37(39)30-27-24-16-13-10-7-3)34-42-38(40)31-28-25-22-20-18-15-12-9-6-2/h8-13,17-20,23-28,36H,4-7,14-16,21-22,29-34H2,1-3H3/b11-8-,12-9-,13-10-,19-17-,20-18-,26-23-,27-24-,28-25-. The predicted molar refractivity (Wildman–Crippen MR) is 180 cm³/mol. The first kappa shape index (κ1) is 38.6. The van der Waals surface area contributed by atoms with Crippen molar-refractivity contribution in [3.05, 3.63) is 110 Å². The molecule has 0 bridgehead atoms. The molecule has 0 aliphatic carbocycles. The molecular formula is C38H56O4. The summed E-state index contributed by atoms with van der Waals surface area (Å²) in [7, 11) is 0. The fourth-order valence-corrected chi connectivity index (χ4v) is 3.60. The fourth-order valence-electron chi connectivity index (χ4n) is 3.60. The molecule has 0 saturated carbocycles. The SMILES string of the molecule is C=C(C/C=C\C/C=C\C/C=C\CC)OCC(COC(=O)C/C=C\C/C=C\C/C=C\CC)CC(=O)C/C=C\C/C=C\CC. The van der Waals surface area contributed by atoms with Gasteiger partial charge in [0.05, 0.1) is 25.4 Å². The lowest BCUT2D eigenvalue weighted by atomic mass is 10.0. The van der Waals surface area contributed by atoms with Gasteiger partial charge in [-0.05, 0) is 51.4 Å². The molecule has 42 heavy (non-hydrogen) atoms. The van der Waals surface area contributed by atoms with Crippen LogP contribution >= 0.6 is 0 Å². The van der Waals surface area contributed by atoms with Gasteiger partial charge in [0.25, 0.3) is 0 Å². The molecule has 232 valence electrons. The third-order valence-electron chi connectivity index (χ3n) is 5.90. The molecule has 0 saturated heterocycles. The van der Waals surface area contributed by atoms with Crippen LogP contribution in [0.15, 0.2) is 110 Å². The minimum Gasteiger partial charge on any atom is -0.498 e. The van der Waals surface area contributed by atoms with E-state index >= 15 is 0 Å². The number of hydrogen-bond acceptors (Lipinski definition) is 4. The van der Waals surface area contributed by atoms with Crippen molar-refractivity contribution in [2.75, 3.05) is 13.2 Å². The molecule has 0 radical (unpaired) electrons. The number of carbonyl (C=O) groups is 2. The number of rotatable bonds is 26. The van der Waals surface area contributed by atoms with Crippen molar-refractivity contribution >= 4 is 11.8 Å². The first-order chi connectivity index (χ1) is 20.5. The highest BCUT2D eigenvalue weighted by Gasteiger charge is 2.17. The van der Waals surface area contributed by atoms with Crippen LogP contribution in [0.3, 0.4) is 0 Å². The van der Waals surface area contributed by atoms with E-state index in [-0.39, 0.29) is 43.7 Å². The van der Waals surface area contributed by atoms with Gasteiger partial charge in [0.2, 0.25) is 0 Å². The van der Waals surface area contributed by atoms with Gasteiger partial charge in [-0.15, -0.1) is 0 Å². The summed E-state index contributed by atoms with van der Waals surface area (Å²) in [5, 5.41) is 0. The maximum Gasteiger partial charge on any atom is 0.309 e. The third-order valence-corrected chi connectivity index (χ3v) is 5.90. The first-order valence-corrected chi connectivity index (χ1v) is 15.7. The van der Waals surface area contributed by atoms with Gasteiger partial charge in [0.15, 0.2) is 0 Å². The Hall–Kier alpha value is -3.40. The summed E-state index contributed by atoms with van der Waals surface area (Å²) in [6, 6.07) is 0. The Labute approximate surface area is 257 Å². The Kier molecular flexibility index (Phi) is 28.1. The summed E-state index contributed by atoms with van der Waals surface area (Å²) in [4.78, 5) is 24.9. The second kappa shape index (κ2) is 30.6. The van der Waals surface area contributed by atoms with Crippen molar-refractivity contribution in [3.63, 3.8) is 0 Å². The summed E-state index contributed by atoms with van der Waals surface area (Å²) in [6.07, 6.45) is 42.1. The van der Waals surface area contributed by atoms with Crippen LogP contribution in [-0.2, 0) is 19.1 Å². The zero-order valence-corrected chi connectivity index (χ0v) is 26.6. The first-order valence-electron chi connectivity index (χ1n) is 15.7. The van der Waals surface area contributed by atoms with E-state index in [1.807, 2.05) is 30.4 Å². The summed E-state index contributed by atoms with van der Waals surface area (Å²) < 4.78 is 11.4. The average Bonchev–Trinajstić information content (AvgIpc) is 2.98. The molecule has 0 spiro atoms. The second-order valence-corrected chi connectivity index (χ2v) is 9.93. The van der Waals surface area contributed by atoms with Crippen LogP contribution in [-0.4, -0.2) is 25.0 Å². The summed E-state index contributed by atoms with van der Waals surface area (Å²) in [5.41, 5.74) is 0. The molecule has 0 heterocycles. The van der Waals surface area contributed by atoms with E-state index in [0.717, 1.165) is 51.4 Å². The number of esters is 1. The monoisotopic (exact) mass is 576 g/mol. The zero-order chi connectivity index (χ0) is 30.9. The Morgan fingerprint density at radius 3 is 1.38 bits per heavy atom. The molecular weight excluding hydrogens is 520 g/mol. The van der Waals surface area contributed by atoms with Crippen molar-refractivity contribution in [3.8, 4) is 0 Å². The molecule has 1 atom stereocenters. The molecule has 0 aromatic heterocycles. The van der Waals surface area contributed by atoms with E-state index < -0.39 is 0 Å². The molecule has 4 heteroatoms. The van der Waals surface area contributed by atoms with Gasteiger partial charge in [-0.25, -0.2) is 0 Å². The third kappa shape index (κ3) is 28.1. The highest BCUT2D eigenvalue weighted by molar-refractivity contribution is 5.80. The van der Waals surface area contributed by atoms with Crippen LogP contribution in [0, 0.1) is 5.92 Å². The Morgan fingerprint density at radius 1 is 0.524 bits per heavy atom. The summed E-state index contributed by atoms with van der Waals surface area (Å²) in [6.45, 7) is 10.8. The van der Waals surface area contributed by atoms with Gasteiger partial charge < -0.3 is 9.47 Å². The Bertz CT molecular complexity index is 884. The number of hydrogen-bond donors (Lipinski definition) is 0. The molecule has 0 rings (SSSR count). The number of ketones is 1. The lowest BCUT2D eigenvalue weighted by molar-refractivity contribution is -0.145. The molecule has 1 unspecified atom stereocenters. The van der Waals surface area contributed by atoms with E-state index in [1.165, 1.54) is 0 Å². The molecule has 0 aromatic rings. The van der Waals surface area contributed by atoms with Crippen molar-refractivity contribution < 1.29 is 19.1 Å². The second-order valence-electron chi connectivity index (χ2n) is 9.93. The van der Waals surface area contributed by atoms with Crippen molar-refractivity contribution in [2.24, 2.45) is 5.92 Å². The van der Waals surface area contributed by atoms with Crippen molar-refractivity contribution in [1.82, 2.24) is 0 Å². The maximum atomic E-state index is 12.6. The van der Waals surface area contributed by atoms with Crippen LogP contribution in [0.25, 0.3) is 0 Å². The molecule has 0 N–H and O–H groups in total. The highest BCUT2D eigenvalue weighted by Crippen LogP contribution is 2.13. The smallest absolute Gasteiger partial charge is 0.309 e. The van der Waals surface area contributed by atoms with Crippen LogP contribution in [0.5, 0.6) is 0 Å². The largest absolute Gasteiger partial charge is 0.498 e. The lowest BCUT2D eigenvalue weighted by Crippen LogP contribution is -2.21. The number of Topliss-reactive ketones (excluding diaryl/α,β-unsaturated/α-hetero) is 1. The van der Waals surface area contributed by atoms with Gasteiger partial charge in [-0.2, -0.15) is 0 Å². The number of allylic oxidation sites excluding steroid dienone is 15. The molecule has 4 nitrogen and oxygen atoms in total. The summed E-state index contributed by atoms with van der Waals surface area (Å²) in [5.74, 6) is 0.203. The van der Waals surface area contributed by atoms with Gasteiger partial charge in [-0.3, -0.25) is 9.59 Å². The van der Waals surface area contributed by atoms with E-state index in [4.69, 9.17) is 9.47 Å². The molecule has 0 aromatic carbocycles. The normalized spacial score (nSPS) is 13.4. The Morgan fingerprint density at radius 2 is 0.905 bits per heavy atom. The molecule has 0 fully saturated rings. The van der Waals surface area contributed by atoms with E-state index in [9.17, 15) is 9.59 Å². The van der Waals surface area contributed by atoms with Gasteiger partial charge >= 0.3 is 5.97 Å². The number of carbonyl (C=O) groups excluding carboxylic acids is 2. The topological polar surface area (TPSA) is 52.6 Å². The highest BCUT2D eigenvalue weighted by atomic mass is 16.5.